The van der Waals surface area contributed by atoms with Crippen LogP contribution in [0, 0.1) is 0 Å². The van der Waals surface area contributed by atoms with Gasteiger partial charge in [-0.25, -0.2) is 4.79 Å². The van der Waals surface area contributed by atoms with Crippen LogP contribution >= 0.6 is 39.3 Å². The van der Waals surface area contributed by atoms with Crippen molar-refractivity contribution in [2.45, 2.75) is 5.75 Å². The lowest BCUT2D eigenvalue weighted by Gasteiger charge is -2.09. The van der Waals surface area contributed by atoms with Crippen LogP contribution in [0.5, 0.6) is 0 Å². The van der Waals surface area contributed by atoms with E-state index >= 15 is 0 Å². The Morgan fingerprint density at radius 2 is 1.96 bits per heavy atom. The molecule has 0 spiro atoms. The average Bonchev–Trinajstić information content (AvgIpc) is 2.51. The van der Waals surface area contributed by atoms with Crippen molar-refractivity contribution in [3.63, 3.8) is 0 Å². The van der Waals surface area contributed by atoms with Crippen LogP contribution in [0.4, 0.5) is 5.69 Å². The summed E-state index contributed by atoms with van der Waals surface area (Å²) >= 11 is 10.7. The predicted octanol–water partition coefficient (Wildman–Crippen LogP) is 4.67. The summed E-state index contributed by atoms with van der Waals surface area (Å²) in [5.74, 6) is -0.531. The molecule has 2 rings (SSSR count). The zero-order chi connectivity index (χ0) is 16.8. The smallest absolute Gasteiger partial charge is 0.337 e. The van der Waals surface area contributed by atoms with Crippen LogP contribution in [0.2, 0.25) is 5.02 Å². The van der Waals surface area contributed by atoms with E-state index in [1.807, 2.05) is 18.2 Å². The Kier molecular flexibility index (Phi) is 6.50. The van der Waals surface area contributed by atoms with Gasteiger partial charge >= 0.3 is 5.97 Å². The van der Waals surface area contributed by atoms with Gasteiger partial charge in [-0.15, -0.1) is 11.8 Å². The summed E-state index contributed by atoms with van der Waals surface area (Å²) in [4.78, 5) is 23.2. The Hall–Kier alpha value is -1.50. The number of carboxylic acid groups (broad SMARTS) is 1. The molecule has 23 heavy (non-hydrogen) atoms. The fraction of sp³-hybridized carbons (Fsp3) is 0.125. The maximum atomic E-state index is 12.0. The van der Waals surface area contributed by atoms with Crippen molar-refractivity contribution in [3.05, 3.63) is 63.1 Å². The number of carboxylic acids is 1. The third-order valence-electron chi connectivity index (χ3n) is 2.93. The molecule has 2 N–H and O–H groups in total. The van der Waals surface area contributed by atoms with Crippen molar-refractivity contribution >= 4 is 56.9 Å². The van der Waals surface area contributed by atoms with Crippen LogP contribution < -0.4 is 5.32 Å². The maximum Gasteiger partial charge on any atom is 0.337 e. The summed E-state index contributed by atoms with van der Waals surface area (Å²) in [5.41, 5.74) is 1.29. The third kappa shape index (κ3) is 5.27. The Labute approximate surface area is 151 Å². The molecule has 0 aromatic heterocycles. The first kappa shape index (κ1) is 17.8. The number of nitrogens with one attached hydrogen (secondary N) is 1. The Morgan fingerprint density at radius 1 is 1.22 bits per heavy atom. The summed E-state index contributed by atoms with van der Waals surface area (Å²) in [5, 5.41) is 12.5. The Bertz CT molecular complexity index is 739. The van der Waals surface area contributed by atoms with Gasteiger partial charge in [0.25, 0.3) is 0 Å². The minimum atomic E-state index is -1.09. The van der Waals surface area contributed by atoms with Gasteiger partial charge in [-0.2, -0.15) is 0 Å². The number of halogens is 2. The molecule has 0 heterocycles. The Morgan fingerprint density at radius 3 is 2.65 bits per heavy atom. The highest BCUT2D eigenvalue weighted by Gasteiger charge is 2.13. The van der Waals surface area contributed by atoms with E-state index in [1.165, 1.54) is 17.8 Å². The van der Waals surface area contributed by atoms with E-state index in [1.54, 1.807) is 18.2 Å². The Balaban J connectivity index is 1.93. The van der Waals surface area contributed by atoms with E-state index in [9.17, 15) is 9.59 Å². The van der Waals surface area contributed by atoms with Crippen molar-refractivity contribution in [2.75, 3.05) is 11.1 Å². The number of rotatable bonds is 6. The number of carbonyl (C=O) groups is 2. The summed E-state index contributed by atoms with van der Waals surface area (Å²) in [6.07, 6.45) is 0. The molecular weight excluding hydrogens is 402 g/mol. The molecule has 2 aromatic rings. The number of anilines is 1. The highest BCUT2D eigenvalue weighted by Crippen LogP contribution is 2.23. The summed E-state index contributed by atoms with van der Waals surface area (Å²) in [7, 11) is 0. The van der Waals surface area contributed by atoms with Gasteiger partial charge in [0.2, 0.25) is 5.91 Å². The average molecular weight is 415 g/mol. The molecule has 2 aromatic carbocycles. The van der Waals surface area contributed by atoms with Gasteiger partial charge in [0, 0.05) is 15.2 Å². The second kappa shape index (κ2) is 8.38. The number of amides is 1. The summed E-state index contributed by atoms with van der Waals surface area (Å²) in [6.45, 7) is 0. The molecule has 0 radical (unpaired) electrons. The molecule has 0 aliphatic heterocycles. The summed E-state index contributed by atoms with van der Waals surface area (Å²) in [6, 6.07) is 12.1. The molecule has 0 saturated heterocycles. The molecule has 7 heteroatoms. The first-order chi connectivity index (χ1) is 11.0. The first-order valence-electron chi connectivity index (χ1n) is 6.61. The zero-order valence-electron chi connectivity index (χ0n) is 11.9. The monoisotopic (exact) mass is 413 g/mol. The first-order valence-corrected chi connectivity index (χ1v) is 8.94. The zero-order valence-corrected chi connectivity index (χ0v) is 15.0. The lowest BCUT2D eigenvalue weighted by Crippen LogP contribution is -2.16. The largest absolute Gasteiger partial charge is 0.478 e. The maximum absolute atomic E-state index is 12.0. The van der Waals surface area contributed by atoms with Crippen LogP contribution in [0.3, 0.4) is 0 Å². The normalized spacial score (nSPS) is 10.3. The molecule has 1 amide bonds. The highest BCUT2D eigenvalue weighted by atomic mass is 79.9. The predicted molar refractivity (Wildman–Crippen MR) is 97.3 cm³/mol. The molecule has 4 nitrogen and oxygen atoms in total. The number of thioether (sulfide) groups is 1. The van der Waals surface area contributed by atoms with Gasteiger partial charge in [-0.1, -0.05) is 45.7 Å². The highest BCUT2D eigenvalue weighted by molar-refractivity contribution is 9.10. The number of carbonyl (C=O) groups excluding carboxylic acids is 1. The van der Waals surface area contributed by atoms with E-state index in [2.05, 4.69) is 21.2 Å². The third-order valence-corrected chi connectivity index (χ3v) is 4.78. The van der Waals surface area contributed by atoms with E-state index in [4.69, 9.17) is 16.7 Å². The van der Waals surface area contributed by atoms with Gasteiger partial charge in [0.05, 0.1) is 17.0 Å². The quantitative estimate of drug-likeness (QED) is 0.721. The van der Waals surface area contributed by atoms with Crippen LogP contribution in [0.25, 0.3) is 0 Å². The molecule has 120 valence electrons. The standard InChI is InChI=1S/C16H13BrClNO3S/c17-11-5-6-14(12(7-11)16(21)22)19-15(20)9-23-8-10-3-1-2-4-13(10)18/h1-7H,8-9H2,(H,19,20)(H,21,22). The van der Waals surface area contributed by atoms with Gasteiger partial charge in [-0.3, -0.25) is 4.79 Å². The topological polar surface area (TPSA) is 66.4 Å². The van der Waals surface area contributed by atoms with Crippen LogP contribution in [-0.2, 0) is 10.5 Å². The van der Waals surface area contributed by atoms with Crippen molar-refractivity contribution in [1.29, 1.82) is 0 Å². The van der Waals surface area contributed by atoms with E-state index in [0.717, 1.165) is 5.56 Å². The van der Waals surface area contributed by atoms with Gasteiger partial charge in [-0.05, 0) is 29.8 Å². The molecule has 0 unspecified atom stereocenters. The van der Waals surface area contributed by atoms with Crippen molar-refractivity contribution in [3.8, 4) is 0 Å². The number of hydrogen-bond acceptors (Lipinski definition) is 3. The number of benzene rings is 2. The molecule has 0 fully saturated rings. The minimum Gasteiger partial charge on any atom is -0.478 e. The van der Waals surface area contributed by atoms with Crippen molar-refractivity contribution < 1.29 is 14.7 Å². The fourth-order valence-corrected chi connectivity index (χ4v) is 3.33. The SMILES string of the molecule is O=C(CSCc1ccccc1Cl)Nc1ccc(Br)cc1C(=O)O. The van der Waals surface area contributed by atoms with Gasteiger partial charge < -0.3 is 10.4 Å². The number of hydrogen-bond donors (Lipinski definition) is 2. The molecule has 0 saturated carbocycles. The van der Waals surface area contributed by atoms with Crippen LogP contribution in [0.1, 0.15) is 15.9 Å². The lowest BCUT2D eigenvalue weighted by atomic mass is 10.2. The molecule has 0 atom stereocenters. The fourth-order valence-electron chi connectivity index (χ4n) is 1.86. The van der Waals surface area contributed by atoms with E-state index < -0.39 is 5.97 Å². The van der Waals surface area contributed by atoms with Gasteiger partial charge in [0.15, 0.2) is 0 Å². The van der Waals surface area contributed by atoms with Crippen molar-refractivity contribution in [2.24, 2.45) is 0 Å². The minimum absolute atomic E-state index is 0.0452. The number of aromatic carboxylic acids is 1. The van der Waals surface area contributed by atoms with E-state index in [-0.39, 0.29) is 22.9 Å². The van der Waals surface area contributed by atoms with Crippen LogP contribution in [0.15, 0.2) is 46.9 Å². The van der Waals surface area contributed by atoms with Crippen molar-refractivity contribution in [1.82, 2.24) is 0 Å². The summed E-state index contributed by atoms with van der Waals surface area (Å²) < 4.78 is 0.640. The van der Waals surface area contributed by atoms with Crippen LogP contribution in [-0.4, -0.2) is 22.7 Å². The van der Waals surface area contributed by atoms with E-state index in [0.29, 0.717) is 15.2 Å². The second-order valence-corrected chi connectivity index (χ2v) is 6.94. The lowest BCUT2D eigenvalue weighted by molar-refractivity contribution is -0.113. The molecular formula is C16H13BrClNO3S. The van der Waals surface area contributed by atoms with Gasteiger partial charge in [0.1, 0.15) is 0 Å². The molecule has 0 bridgehead atoms. The molecule has 0 aliphatic carbocycles. The molecule has 0 aliphatic rings. The second-order valence-electron chi connectivity index (χ2n) is 4.63.